The van der Waals surface area contributed by atoms with Crippen molar-refractivity contribution in [1.29, 1.82) is 0 Å². The van der Waals surface area contributed by atoms with Gasteiger partial charge in [-0.05, 0) is 6.42 Å². The number of nitrogens with zero attached hydrogens (tertiary/aromatic N) is 3. The van der Waals surface area contributed by atoms with E-state index in [2.05, 4.69) is 10.1 Å². The first-order chi connectivity index (χ1) is 6.15. The van der Waals surface area contributed by atoms with Gasteiger partial charge in [-0.1, -0.05) is 6.92 Å². The van der Waals surface area contributed by atoms with E-state index in [1.165, 1.54) is 6.33 Å². The van der Waals surface area contributed by atoms with Gasteiger partial charge in [0.25, 0.3) is 0 Å². The molecule has 1 aromatic heterocycles. The maximum atomic E-state index is 11.4. The standard InChI is InChI=1S/C8H14N4O/c1-3-6(9)7(13)4-8-10-5-11-12(8)2/h5-6H,3-4,9H2,1-2H3. The Hall–Kier alpha value is -1.23. The molecule has 5 heteroatoms. The van der Waals surface area contributed by atoms with E-state index in [1.54, 1.807) is 11.7 Å². The SMILES string of the molecule is CCC(N)C(=O)Cc1ncnn1C. The molecule has 0 aliphatic rings. The van der Waals surface area contributed by atoms with Gasteiger partial charge in [-0.2, -0.15) is 5.10 Å². The van der Waals surface area contributed by atoms with Gasteiger partial charge in [0.15, 0.2) is 5.78 Å². The minimum Gasteiger partial charge on any atom is -0.322 e. The molecule has 2 N–H and O–H groups in total. The summed E-state index contributed by atoms with van der Waals surface area (Å²) in [5.74, 6) is 0.674. The van der Waals surface area contributed by atoms with Crippen LogP contribution in [0.25, 0.3) is 0 Å². The molecular weight excluding hydrogens is 168 g/mol. The second-order valence-corrected chi connectivity index (χ2v) is 2.96. The molecule has 13 heavy (non-hydrogen) atoms. The van der Waals surface area contributed by atoms with E-state index >= 15 is 0 Å². The zero-order valence-corrected chi connectivity index (χ0v) is 7.90. The van der Waals surface area contributed by atoms with Crippen molar-refractivity contribution < 1.29 is 4.79 Å². The lowest BCUT2D eigenvalue weighted by Gasteiger charge is -2.06. The van der Waals surface area contributed by atoms with E-state index in [-0.39, 0.29) is 18.2 Å². The summed E-state index contributed by atoms with van der Waals surface area (Å²) in [6.07, 6.45) is 2.36. The topological polar surface area (TPSA) is 73.8 Å². The number of ketones is 1. The zero-order valence-electron chi connectivity index (χ0n) is 7.90. The van der Waals surface area contributed by atoms with Gasteiger partial charge >= 0.3 is 0 Å². The van der Waals surface area contributed by atoms with Crippen LogP contribution in [-0.4, -0.2) is 26.6 Å². The Balaban J connectivity index is 2.60. The lowest BCUT2D eigenvalue weighted by molar-refractivity contribution is -0.119. The van der Waals surface area contributed by atoms with Crippen molar-refractivity contribution in [2.24, 2.45) is 12.8 Å². The lowest BCUT2D eigenvalue weighted by atomic mass is 10.1. The lowest BCUT2D eigenvalue weighted by Crippen LogP contribution is -2.31. The van der Waals surface area contributed by atoms with Gasteiger partial charge in [0.2, 0.25) is 0 Å². The van der Waals surface area contributed by atoms with Gasteiger partial charge in [0.05, 0.1) is 12.5 Å². The van der Waals surface area contributed by atoms with Crippen molar-refractivity contribution in [1.82, 2.24) is 14.8 Å². The van der Waals surface area contributed by atoms with Crippen LogP contribution in [-0.2, 0) is 18.3 Å². The fraction of sp³-hybridized carbons (Fsp3) is 0.625. The molecule has 0 amide bonds. The second kappa shape index (κ2) is 4.13. The maximum Gasteiger partial charge on any atom is 0.157 e. The Labute approximate surface area is 76.9 Å². The summed E-state index contributed by atoms with van der Waals surface area (Å²) in [6, 6.07) is -0.378. The van der Waals surface area contributed by atoms with Crippen LogP contribution in [0.15, 0.2) is 6.33 Å². The Morgan fingerprint density at radius 3 is 2.92 bits per heavy atom. The molecule has 1 aromatic rings. The summed E-state index contributed by atoms with van der Waals surface area (Å²) < 4.78 is 1.58. The molecule has 1 heterocycles. The molecule has 0 fully saturated rings. The van der Waals surface area contributed by atoms with Gasteiger partial charge in [-0.15, -0.1) is 0 Å². The van der Waals surface area contributed by atoms with Crippen molar-refractivity contribution in [2.45, 2.75) is 25.8 Å². The molecule has 0 aromatic carbocycles. The van der Waals surface area contributed by atoms with Crippen LogP contribution >= 0.6 is 0 Å². The van der Waals surface area contributed by atoms with Gasteiger partial charge in [-0.25, -0.2) is 4.98 Å². The number of hydrogen-bond acceptors (Lipinski definition) is 4. The van der Waals surface area contributed by atoms with Gasteiger partial charge in [0.1, 0.15) is 12.2 Å². The quantitative estimate of drug-likeness (QED) is 0.691. The van der Waals surface area contributed by atoms with E-state index in [4.69, 9.17) is 5.73 Å². The molecule has 1 rings (SSSR count). The van der Waals surface area contributed by atoms with Crippen LogP contribution in [0.1, 0.15) is 19.2 Å². The van der Waals surface area contributed by atoms with Crippen LogP contribution in [0.4, 0.5) is 0 Å². The van der Waals surface area contributed by atoms with Crippen molar-refractivity contribution in [3.63, 3.8) is 0 Å². The summed E-state index contributed by atoms with van der Waals surface area (Å²) in [7, 11) is 1.76. The van der Waals surface area contributed by atoms with Crippen LogP contribution in [0.3, 0.4) is 0 Å². The highest BCUT2D eigenvalue weighted by atomic mass is 16.1. The molecule has 0 aliphatic carbocycles. The van der Waals surface area contributed by atoms with E-state index in [1.807, 2.05) is 6.92 Å². The predicted molar refractivity (Wildman–Crippen MR) is 48.0 cm³/mol. The van der Waals surface area contributed by atoms with Crippen LogP contribution < -0.4 is 5.73 Å². The third kappa shape index (κ3) is 2.35. The smallest absolute Gasteiger partial charge is 0.157 e. The highest BCUT2D eigenvalue weighted by molar-refractivity contribution is 5.85. The molecule has 1 atom stereocenters. The van der Waals surface area contributed by atoms with Crippen molar-refractivity contribution >= 4 is 5.78 Å². The molecule has 0 bridgehead atoms. The normalized spacial score (nSPS) is 12.8. The second-order valence-electron chi connectivity index (χ2n) is 2.96. The highest BCUT2D eigenvalue weighted by Gasteiger charge is 2.14. The number of rotatable bonds is 4. The monoisotopic (exact) mass is 182 g/mol. The fourth-order valence-electron chi connectivity index (χ4n) is 0.995. The number of carbonyl (C=O) groups excluding carboxylic acids is 1. The van der Waals surface area contributed by atoms with Gasteiger partial charge in [0, 0.05) is 7.05 Å². The summed E-state index contributed by atoms with van der Waals surface area (Å²) in [5.41, 5.74) is 5.58. The minimum absolute atomic E-state index is 0.0126. The number of hydrogen-bond donors (Lipinski definition) is 1. The molecule has 0 saturated carbocycles. The first-order valence-corrected chi connectivity index (χ1v) is 4.26. The molecule has 0 spiro atoms. The highest BCUT2D eigenvalue weighted by Crippen LogP contribution is 1.97. The average molecular weight is 182 g/mol. The van der Waals surface area contributed by atoms with Crippen LogP contribution in [0.2, 0.25) is 0 Å². The fourth-order valence-corrected chi connectivity index (χ4v) is 0.995. The molecule has 72 valence electrons. The van der Waals surface area contributed by atoms with E-state index in [0.29, 0.717) is 12.2 Å². The summed E-state index contributed by atoms with van der Waals surface area (Å²) in [6.45, 7) is 1.89. The molecular formula is C8H14N4O. The number of Topliss-reactive ketones (excluding diaryl/α,β-unsaturated/α-hetero) is 1. The number of carbonyl (C=O) groups is 1. The van der Waals surface area contributed by atoms with Gasteiger partial charge in [-0.3, -0.25) is 9.48 Å². The van der Waals surface area contributed by atoms with Crippen molar-refractivity contribution in [2.75, 3.05) is 0 Å². The van der Waals surface area contributed by atoms with Crippen LogP contribution in [0.5, 0.6) is 0 Å². The largest absolute Gasteiger partial charge is 0.322 e. The average Bonchev–Trinajstić information content (AvgIpc) is 2.50. The molecule has 1 unspecified atom stereocenters. The Morgan fingerprint density at radius 1 is 1.77 bits per heavy atom. The van der Waals surface area contributed by atoms with Crippen LogP contribution in [0, 0.1) is 0 Å². The third-order valence-corrected chi connectivity index (χ3v) is 1.99. The summed E-state index contributed by atoms with van der Waals surface area (Å²) >= 11 is 0. The van der Waals surface area contributed by atoms with E-state index in [0.717, 1.165) is 0 Å². The number of nitrogens with two attached hydrogens (primary N) is 1. The number of aromatic nitrogens is 3. The van der Waals surface area contributed by atoms with E-state index < -0.39 is 0 Å². The summed E-state index contributed by atoms with van der Waals surface area (Å²) in [4.78, 5) is 15.3. The Kier molecular flexibility index (Phi) is 3.13. The summed E-state index contributed by atoms with van der Waals surface area (Å²) in [5, 5.41) is 3.87. The predicted octanol–water partition coefficient (Wildman–Crippen LogP) is -0.336. The van der Waals surface area contributed by atoms with Crippen molar-refractivity contribution in [3.8, 4) is 0 Å². The zero-order chi connectivity index (χ0) is 9.84. The maximum absolute atomic E-state index is 11.4. The Bertz CT molecular complexity index is 294. The first-order valence-electron chi connectivity index (χ1n) is 4.26. The molecule has 0 radical (unpaired) electrons. The number of aryl methyl sites for hydroxylation is 1. The third-order valence-electron chi connectivity index (χ3n) is 1.99. The molecule has 0 saturated heterocycles. The molecule has 0 aliphatic heterocycles. The Morgan fingerprint density at radius 2 is 2.46 bits per heavy atom. The first kappa shape index (κ1) is 9.85. The molecule has 5 nitrogen and oxygen atoms in total. The van der Waals surface area contributed by atoms with Crippen molar-refractivity contribution in [3.05, 3.63) is 12.2 Å². The van der Waals surface area contributed by atoms with Gasteiger partial charge < -0.3 is 5.73 Å². The van der Waals surface area contributed by atoms with E-state index in [9.17, 15) is 4.79 Å². The minimum atomic E-state index is -0.378.